The minimum Gasteiger partial charge on any atom is -0.302 e. The number of nitrogens with zero attached hydrogens (tertiary/aromatic N) is 2. The van der Waals surface area contributed by atoms with Gasteiger partial charge in [-0.1, -0.05) is 30.3 Å². The highest BCUT2D eigenvalue weighted by atomic mass is 15.1. The first kappa shape index (κ1) is 9.92. The summed E-state index contributed by atoms with van der Waals surface area (Å²) in [6.07, 6.45) is 2.21. The van der Waals surface area contributed by atoms with E-state index in [0.717, 1.165) is 0 Å². The van der Waals surface area contributed by atoms with Gasteiger partial charge in [0.2, 0.25) is 0 Å². The van der Waals surface area contributed by atoms with Gasteiger partial charge in [0, 0.05) is 0 Å². The zero-order valence-corrected chi connectivity index (χ0v) is 9.35. The molecule has 1 aliphatic heterocycles. The highest BCUT2D eigenvalue weighted by Crippen LogP contribution is 2.31. The fraction of sp³-hybridized carbons (Fsp3) is 0.133. The Morgan fingerprint density at radius 1 is 1.12 bits per heavy atom. The van der Waals surface area contributed by atoms with E-state index in [1.165, 1.54) is 22.3 Å². The molecule has 2 aromatic carbocycles. The van der Waals surface area contributed by atoms with Crippen LogP contribution in [0.2, 0.25) is 0 Å². The van der Waals surface area contributed by atoms with Crippen molar-refractivity contribution in [3.8, 4) is 17.3 Å². The van der Waals surface area contributed by atoms with E-state index in [1.807, 2.05) is 30.3 Å². The van der Waals surface area contributed by atoms with Crippen molar-refractivity contribution in [3.63, 3.8) is 0 Å². The standard InChI is InChI=1S/C15H11N2/c16-11-17-9-13-7-4-8-14(15(13)10-17)12-5-2-1-3-6-12/h1-3,5-8H,9-10H2. The van der Waals surface area contributed by atoms with Crippen LogP contribution in [0.25, 0.3) is 11.1 Å². The summed E-state index contributed by atoms with van der Waals surface area (Å²) in [7, 11) is 0. The van der Waals surface area contributed by atoms with Gasteiger partial charge in [-0.05, 0) is 40.5 Å². The van der Waals surface area contributed by atoms with Crippen LogP contribution >= 0.6 is 0 Å². The number of hydrogen-bond acceptors (Lipinski definition) is 2. The van der Waals surface area contributed by atoms with Crippen molar-refractivity contribution in [2.24, 2.45) is 0 Å². The summed E-state index contributed by atoms with van der Waals surface area (Å²) in [6.45, 7) is 1.42. The van der Waals surface area contributed by atoms with Crippen molar-refractivity contribution >= 4 is 0 Å². The highest BCUT2D eigenvalue weighted by Gasteiger charge is 2.20. The van der Waals surface area contributed by atoms with E-state index in [-0.39, 0.29) is 0 Å². The zero-order valence-electron chi connectivity index (χ0n) is 9.35. The summed E-state index contributed by atoms with van der Waals surface area (Å²) in [5, 5.41) is 8.97. The Labute approximate surface area is 101 Å². The topological polar surface area (TPSA) is 27.0 Å². The van der Waals surface area contributed by atoms with Crippen LogP contribution in [-0.2, 0) is 13.1 Å². The number of fused-ring (bicyclic) bond motifs is 1. The van der Waals surface area contributed by atoms with Gasteiger partial charge in [-0.3, -0.25) is 0 Å². The predicted molar refractivity (Wildman–Crippen MR) is 65.6 cm³/mol. The molecule has 0 unspecified atom stereocenters. The molecule has 2 nitrogen and oxygen atoms in total. The van der Waals surface area contributed by atoms with Gasteiger partial charge in [0.1, 0.15) is 0 Å². The molecule has 0 saturated carbocycles. The van der Waals surface area contributed by atoms with Gasteiger partial charge in [0.25, 0.3) is 0 Å². The van der Waals surface area contributed by atoms with Gasteiger partial charge in [0.05, 0.1) is 13.1 Å². The molecule has 0 atom stereocenters. The minimum absolute atomic E-state index is 0.711. The van der Waals surface area contributed by atoms with E-state index < -0.39 is 0 Å². The summed E-state index contributed by atoms with van der Waals surface area (Å²) in [5.41, 5.74) is 4.87. The number of hydrogen-bond donors (Lipinski definition) is 0. The Bertz CT molecular complexity index is 582. The third-order valence-electron chi connectivity index (χ3n) is 3.13. The first-order chi connectivity index (χ1) is 8.38. The molecule has 0 aliphatic carbocycles. The average molecular weight is 219 g/mol. The smallest absolute Gasteiger partial charge is 0.179 e. The highest BCUT2D eigenvalue weighted by molar-refractivity contribution is 5.69. The van der Waals surface area contributed by atoms with Crippen LogP contribution in [0.1, 0.15) is 11.1 Å². The maximum absolute atomic E-state index is 8.97. The lowest BCUT2D eigenvalue weighted by atomic mass is 9.97. The van der Waals surface area contributed by atoms with Crippen molar-refractivity contribution in [1.29, 1.82) is 5.26 Å². The molecule has 0 aromatic heterocycles. The maximum Gasteiger partial charge on any atom is 0.179 e. The predicted octanol–water partition coefficient (Wildman–Crippen LogP) is 2.95. The molecular weight excluding hydrogens is 208 g/mol. The molecule has 1 heterocycles. The fourth-order valence-corrected chi connectivity index (χ4v) is 2.30. The Balaban J connectivity index is 2.10. The van der Waals surface area contributed by atoms with Crippen LogP contribution in [0.5, 0.6) is 0 Å². The molecule has 2 heteroatoms. The second kappa shape index (κ2) is 3.95. The molecule has 81 valence electrons. The van der Waals surface area contributed by atoms with E-state index in [0.29, 0.717) is 13.1 Å². The molecule has 3 rings (SSSR count). The molecule has 2 aromatic rings. The Morgan fingerprint density at radius 3 is 2.71 bits per heavy atom. The summed E-state index contributed by atoms with van der Waals surface area (Å²) in [6, 6.07) is 17.4. The lowest BCUT2D eigenvalue weighted by Crippen LogP contribution is -2.07. The second-order valence-electron chi connectivity index (χ2n) is 4.19. The molecule has 0 N–H and O–H groups in total. The third-order valence-corrected chi connectivity index (χ3v) is 3.13. The van der Waals surface area contributed by atoms with Gasteiger partial charge in [-0.2, -0.15) is 5.26 Å². The molecule has 1 aliphatic rings. The van der Waals surface area contributed by atoms with E-state index in [9.17, 15) is 0 Å². The first-order valence-corrected chi connectivity index (χ1v) is 5.60. The van der Waals surface area contributed by atoms with Crippen LogP contribution in [0.3, 0.4) is 0 Å². The van der Waals surface area contributed by atoms with Crippen molar-refractivity contribution in [2.45, 2.75) is 13.1 Å². The molecule has 0 spiro atoms. The van der Waals surface area contributed by atoms with Crippen LogP contribution in [0.15, 0.2) is 42.5 Å². The molecular formula is C15H11N2. The minimum atomic E-state index is 0.711. The monoisotopic (exact) mass is 219 g/mol. The van der Waals surface area contributed by atoms with Crippen LogP contribution in [-0.4, -0.2) is 4.90 Å². The third kappa shape index (κ3) is 1.66. The number of benzene rings is 2. The number of nitriles is 1. The Morgan fingerprint density at radius 2 is 1.94 bits per heavy atom. The molecule has 0 amide bonds. The normalized spacial score (nSPS) is 13.2. The van der Waals surface area contributed by atoms with E-state index in [4.69, 9.17) is 5.26 Å². The van der Waals surface area contributed by atoms with Gasteiger partial charge >= 0.3 is 0 Å². The van der Waals surface area contributed by atoms with E-state index in [2.05, 4.69) is 24.4 Å². The molecule has 1 radical (unpaired) electrons. The lowest BCUT2D eigenvalue weighted by molar-refractivity contribution is 0.417. The summed E-state index contributed by atoms with van der Waals surface area (Å²) >= 11 is 0. The summed E-state index contributed by atoms with van der Waals surface area (Å²) in [4.78, 5) is 1.77. The molecule has 0 bridgehead atoms. The van der Waals surface area contributed by atoms with E-state index in [1.54, 1.807) is 4.90 Å². The first-order valence-electron chi connectivity index (χ1n) is 5.60. The molecule has 0 saturated heterocycles. The maximum atomic E-state index is 8.97. The van der Waals surface area contributed by atoms with Crippen LogP contribution in [0, 0.1) is 17.5 Å². The van der Waals surface area contributed by atoms with Gasteiger partial charge < -0.3 is 4.90 Å². The molecule has 17 heavy (non-hydrogen) atoms. The van der Waals surface area contributed by atoms with Gasteiger partial charge in [0.15, 0.2) is 6.19 Å². The Hall–Kier alpha value is -2.27. The van der Waals surface area contributed by atoms with Gasteiger partial charge in [-0.15, -0.1) is 0 Å². The van der Waals surface area contributed by atoms with Crippen molar-refractivity contribution in [3.05, 3.63) is 59.7 Å². The summed E-state index contributed by atoms with van der Waals surface area (Å²) < 4.78 is 0. The van der Waals surface area contributed by atoms with E-state index >= 15 is 0 Å². The van der Waals surface area contributed by atoms with Crippen LogP contribution < -0.4 is 0 Å². The van der Waals surface area contributed by atoms with Gasteiger partial charge in [-0.25, -0.2) is 0 Å². The second-order valence-corrected chi connectivity index (χ2v) is 4.19. The zero-order chi connectivity index (χ0) is 11.7. The van der Waals surface area contributed by atoms with Crippen molar-refractivity contribution < 1.29 is 0 Å². The SMILES string of the molecule is N#CN1Cc2c[c]cc(-c3ccccc3)c2C1. The Kier molecular flexibility index (Phi) is 2.31. The largest absolute Gasteiger partial charge is 0.302 e. The van der Waals surface area contributed by atoms with Crippen LogP contribution in [0.4, 0.5) is 0 Å². The number of rotatable bonds is 1. The fourth-order valence-electron chi connectivity index (χ4n) is 2.30. The lowest BCUT2D eigenvalue weighted by Gasteiger charge is -2.07. The van der Waals surface area contributed by atoms with Crippen molar-refractivity contribution in [1.82, 2.24) is 4.90 Å². The average Bonchev–Trinajstić information content (AvgIpc) is 2.82. The quantitative estimate of drug-likeness (QED) is 0.689. The molecule has 0 fully saturated rings. The van der Waals surface area contributed by atoms with Crippen molar-refractivity contribution in [2.75, 3.05) is 0 Å². The summed E-state index contributed by atoms with van der Waals surface area (Å²) in [5.74, 6) is 0.